The molecule has 0 radical (unpaired) electrons. The van der Waals surface area contributed by atoms with Crippen LogP contribution in [0.3, 0.4) is 0 Å². The van der Waals surface area contributed by atoms with E-state index in [4.69, 9.17) is 25.6 Å². The molecule has 1 aliphatic rings. The van der Waals surface area contributed by atoms with Gasteiger partial charge in [-0.2, -0.15) is 4.98 Å². The summed E-state index contributed by atoms with van der Waals surface area (Å²) >= 11 is 6.21. The molecule has 150 valence electrons. The summed E-state index contributed by atoms with van der Waals surface area (Å²) in [6.07, 6.45) is 0.305. The maximum Gasteiger partial charge on any atom is 0.232 e. The highest BCUT2D eigenvalue weighted by Gasteiger charge is 2.36. The lowest BCUT2D eigenvalue weighted by Crippen LogP contribution is -2.25. The fourth-order valence-corrected chi connectivity index (χ4v) is 3.66. The lowest BCUT2D eigenvalue weighted by atomic mass is 10.1. The van der Waals surface area contributed by atoms with Gasteiger partial charge < -0.3 is 18.9 Å². The summed E-state index contributed by atoms with van der Waals surface area (Å²) in [7, 11) is 3.15. The second kappa shape index (κ2) is 7.75. The molecule has 7 nitrogen and oxygen atoms in total. The van der Waals surface area contributed by atoms with Crippen molar-refractivity contribution in [1.29, 1.82) is 0 Å². The minimum atomic E-state index is -0.178. The van der Waals surface area contributed by atoms with Gasteiger partial charge in [0.25, 0.3) is 0 Å². The Balaban J connectivity index is 1.58. The zero-order valence-electron chi connectivity index (χ0n) is 16.3. The van der Waals surface area contributed by atoms with Crippen molar-refractivity contribution >= 4 is 23.2 Å². The van der Waals surface area contributed by atoms with Crippen LogP contribution in [0.2, 0.25) is 5.02 Å². The van der Waals surface area contributed by atoms with E-state index in [0.717, 1.165) is 16.8 Å². The van der Waals surface area contributed by atoms with Crippen molar-refractivity contribution in [3.8, 4) is 22.9 Å². The van der Waals surface area contributed by atoms with Gasteiger partial charge in [-0.1, -0.05) is 22.8 Å². The fraction of sp³-hybridized carbons (Fsp3) is 0.286. The fourth-order valence-electron chi connectivity index (χ4n) is 3.49. The van der Waals surface area contributed by atoms with Crippen LogP contribution in [-0.2, 0) is 4.79 Å². The van der Waals surface area contributed by atoms with Crippen LogP contribution in [0.1, 0.15) is 23.8 Å². The Bertz CT molecular complexity index is 1070. The first-order chi connectivity index (χ1) is 14.0. The summed E-state index contributed by atoms with van der Waals surface area (Å²) in [6.45, 7) is 2.37. The molecule has 2 heterocycles. The Morgan fingerprint density at radius 3 is 2.72 bits per heavy atom. The summed E-state index contributed by atoms with van der Waals surface area (Å²) < 4.78 is 16.1. The molecular weight excluding hydrogens is 394 g/mol. The predicted molar refractivity (Wildman–Crippen MR) is 109 cm³/mol. The van der Waals surface area contributed by atoms with Gasteiger partial charge in [0.1, 0.15) is 0 Å². The summed E-state index contributed by atoms with van der Waals surface area (Å²) in [5.74, 6) is 1.90. The average molecular weight is 414 g/mol. The second-order valence-electron chi connectivity index (χ2n) is 6.82. The SMILES string of the molecule is COc1ccc(-c2noc(C3CC(=O)N(c4cccc(Cl)c4C)C3)n2)cc1OC. The van der Waals surface area contributed by atoms with Crippen molar-refractivity contribution in [1.82, 2.24) is 10.1 Å². The molecule has 1 aliphatic heterocycles. The number of hydrogen-bond acceptors (Lipinski definition) is 6. The maximum absolute atomic E-state index is 12.6. The molecule has 1 aromatic heterocycles. The molecule has 8 heteroatoms. The van der Waals surface area contributed by atoms with Gasteiger partial charge in [-0.15, -0.1) is 0 Å². The molecule has 1 amide bonds. The average Bonchev–Trinajstić information content (AvgIpc) is 3.36. The Morgan fingerprint density at radius 2 is 1.97 bits per heavy atom. The van der Waals surface area contributed by atoms with Gasteiger partial charge in [-0.3, -0.25) is 4.79 Å². The third-order valence-electron chi connectivity index (χ3n) is 5.09. The highest BCUT2D eigenvalue weighted by atomic mass is 35.5. The van der Waals surface area contributed by atoms with E-state index in [1.165, 1.54) is 0 Å². The Kier molecular flexibility index (Phi) is 5.15. The number of benzene rings is 2. The van der Waals surface area contributed by atoms with Crippen LogP contribution in [0.25, 0.3) is 11.4 Å². The lowest BCUT2D eigenvalue weighted by Gasteiger charge is -2.19. The molecule has 1 unspecified atom stereocenters. The van der Waals surface area contributed by atoms with Crippen LogP contribution in [0.15, 0.2) is 40.9 Å². The Hall–Kier alpha value is -3.06. The minimum Gasteiger partial charge on any atom is -0.493 e. The van der Waals surface area contributed by atoms with Crippen LogP contribution < -0.4 is 14.4 Å². The summed E-state index contributed by atoms with van der Waals surface area (Å²) in [5.41, 5.74) is 2.42. The minimum absolute atomic E-state index is 0.00577. The van der Waals surface area contributed by atoms with E-state index in [9.17, 15) is 4.79 Å². The van der Waals surface area contributed by atoms with E-state index < -0.39 is 0 Å². The number of hydrogen-bond donors (Lipinski definition) is 0. The summed E-state index contributed by atoms with van der Waals surface area (Å²) in [5, 5.41) is 4.71. The molecule has 1 saturated heterocycles. The van der Waals surface area contributed by atoms with Crippen molar-refractivity contribution in [3.63, 3.8) is 0 Å². The van der Waals surface area contributed by atoms with E-state index in [-0.39, 0.29) is 11.8 Å². The number of halogens is 1. The number of rotatable bonds is 5. The molecule has 2 aromatic carbocycles. The van der Waals surface area contributed by atoms with Crippen LogP contribution in [0, 0.1) is 6.92 Å². The van der Waals surface area contributed by atoms with Crippen LogP contribution >= 0.6 is 11.6 Å². The first kappa shape index (κ1) is 19.3. The summed E-state index contributed by atoms with van der Waals surface area (Å²) in [4.78, 5) is 18.9. The summed E-state index contributed by atoms with van der Waals surface area (Å²) in [6, 6.07) is 10.9. The van der Waals surface area contributed by atoms with Gasteiger partial charge in [0.2, 0.25) is 17.6 Å². The number of nitrogens with zero attached hydrogens (tertiary/aromatic N) is 3. The number of ether oxygens (including phenoxy) is 2. The normalized spacial score (nSPS) is 16.3. The number of aromatic nitrogens is 2. The maximum atomic E-state index is 12.6. The quantitative estimate of drug-likeness (QED) is 0.622. The number of carbonyl (C=O) groups excluding carboxylic acids is 1. The van der Waals surface area contributed by atoms with Crippen molar-refractivity contribution < 1.29 is 18.8 Å². The zero-order chi connectivity index (χ0) is 20.5. The molecule has 0 aliphatic carbocycles. The molecule has 0 bridgehead atoms. The molecule has 4 rings (SSSR count). The van der Waals surface area contributed by atoms with Gasteiger partial charge in [-0.05, 0) is 42.8 Å². The molecule has 0 spiro atoms. The largest absolute Gasteiger partial charge is 0.493 e. The number of carbonyl (C=O) groups is 1. The highest BCUT2D eigenvalue weighted by molar-refractivity contribution is 6.31. The first-order valence-corrected chi connectivity index (χ1v) is 9.51. The van der Waals surface area contributed by atoms with Crippen molar-refractivity contribution in [2.75, 3.05) is 25.7 Å². The van der Waals surface area contributed by atoms with Gasteiger partial charge in [-0.25, -0.2) is 0 Å². The van der Waals surface area contributed by atoms with Gasteiger partial charge >= 0.3 is 0 Å². The molecule has 0 saturated carbocycles. The molecule has 29 heavy (non-hydrogen) atoms. The third-order valence-corrected chi connectivity index (χ3v) is 5.50. The standard InChI is InChI=1S/C21H20ClN3O4/c1-12-15(22)5-4-6-16(12)25-11-14(10-19(25)26)21-23-20(24-29-21)13-7-8-17(27-2)18(9-13)28-3/h4-9,14H,10-11H2,1-3H3. The zero-order valence-corrected chi connectivity index (χ0v) is 17.1. The second-order valence-corrected chi connectivity index (χ2v) is 7.22. The van der Waals surface area contributed by atoms with Crippen molar-refractivity contribution in [2.24, 2.45) is 0 Å². The monoisotopic (exact) mass is 413 g/mol. The van der Waals surface area contributed by atoms with Gasteiger partial charge in [0.15, 0.2) is 11.5 Å². The molecule has 0 N–H and O–H groups in total. The topological polar surface area (TPSA) is 77.7 Å². The van der Waals surface area contributed by atoms with Crippen molar-refractivity contribution in [3.05, 3.63) is 52.9 Å². The third kappa shape index (κ3) is 3.53. The smallest absolute Gasteiger partial charge is 0.232 e. The van der Waals surface area contributed by atoms with E-state index in [1.54, 1.807) is 31.3 Å². The molecule has 3 aromatic rings. The predicted octanol–water partition coefficient (Wildman–Crippen LogP) is 4.24. The van der Waals surface area contributed by atoms with Gasteiger partial charge in [0.05, 0.1) is 20.1 Å². The lowest BCUT2D eigenvalue weighted by molar-refractivity contribution is -0.117. The highest BCUT2D eigenvalue weighted by Crippen LogP contribution is 2.36. The van der Waals surface area contributed by atoms with Crippen molar-refractivity contribution in [2.45, 2.75) is 19.3 Å². The van der Waals surface area contributed by atoms with Crippen LogP contribution in [0.4, 0.5) is 5.69 Å². The van der Waals surface area contributed by atoms with Gasteiger partial charge in [0, 0.05) is 29.2 Å². The van der Waals surface area contributed by atoms with E-state index in [0.29, 0.717) is 41.2 Å². The van der Waals surface area contributed by atoms with Crippen LogP contribution in [0.5, 0.6) is 11.5 Å². The number of methoxy groups -OCH3 is 2. The first-order valence-electron chi connectivity index (χ1n) is 9.13. The Morgan fingerprint density at radius 1 is 1.17 bits per heavy atom. The Labute approximate surface area is 173 Å². The molecule has 1 atom stereocenters. The molecule has 1 fully saturated rings. The number of amides is 1. The van der Waals surface area contributed by atoms with E-state index in [1.807, 2.05) is 31.2 Å². The molecular formula is C21H20ClN3O4. The van der Waals surface area contributed by atoms with E-state index >= 15 is 0 Å². The van der Waals surface area contributed by atoms with Crippen LogP contribution in [-0.4, -0.2) is 36.8 Å². The number of anilines is 1. The van der Waals surface area contributed by atoms with E-state index in [2.05, 4.69) is 10.1 Å².